The van der Waals surface area contributed by atoms with Gasteiger partial charge in [0.15, 0.2) is 0 Å². The molecule has 0 aromatic heterocycles. The highest BCUT2D eigenvalue weighted by molar-refractivity contribution is 6.11. The Morgan fingerprint density at radius 1 is 1.40 bits per heavy atom. The summed E-state index contributed by atoms with van der Waals surface area (Å²) in [4.78, 5) is 36.7. The molecular weight excluding hydrogens is 258 g/mol. The third-order valence-corrected chi connectivity index (χ3v) is 3.01. The molecule has 6 nitrogen and oxygen atoms in total. The van der Waals surface area contributed by atoms with Gasteiger partial charge in [-0.25, -0.2) is 5.01 Å². The maximum Gasteiger partial charge on any atom is 0.290 e. The monoisotopic (exact) mass is 277 g/mol. The van der Waals surface area contributed by atoms with Gasteiger partial charge in [0.05, 0.1) is 6.42 Å². The summed E-state index contributed by atoms with van der Waals surface area (Å²) < 4.78 is 0. The maximum atomic E-state index is 12.3. The van der Waals surface area contributed by atoms with Crippen LogP contribution in [0.2, 0.25) is 0 Å². The molecule has 1 heterocycles. The second-order valence-corrected chi connectivity index (χ2v) is 5.73. The molecule has 0 N–H and O–H groups in total. The number of hydrogen-bond acceptors (Lipinski definition) is 4. The van der Waals surface area contributed by atoms with E-state index < -0.39 is 17.2 Å². The topological polar surface area (TPSA) is 81.5 Å². The van der Waals surface area contributed by atoms with Gasteiger partial charge < -0.3 is 0 Å². The molecule has 0 spiro atoms. The standard InChI is InChI=1S/C14H19N3O3/c1-6-16(13(20)14(3,4)5)17-11(18)7-9(2)10(8-15)12(17)19/h6-7H2,1-5H3. The molecule has 1 aliphatic heterocycles. The Morgan fingerprint density at radius 2 is 1.95 bits per heavy atom. The zero-order valence-corrected chi connectivity index (χ0v) is 12.5. The maximum absolute atomic E-state index is 12.3. The quantitative estimate of drug-likeness (QED) is 0.714. The van der Waals surface area contributed by atoms with E-state index in [2.05, 4.69) is 0 Å². The number of rotatable bonds is 2. The fraction of sp³-hybridized carbons (Fsp3) is 0.571. The Morgan fingerprint density at radius 3 is 2.35 bits per heavy atom. The summed E-state index contributed by atoms with van der Waals surface area (Å²) in [6.07, 6.45) is -0.0252. The highest BCUT2D eigenvalue weighted by Gasteiger charge is 2.40. The highest BCUT2D eigenvalue weighted by atomic mass is 16.2. The molecule has 0 saturated carbocycles. The van der Waals surface area contributed by atoms with Crippen molar-refractivity contribution in [2.45, 2.75) is 41.0 Å². The molecule has 3 amide bonds. The van der Waals surface area contributed by atoms with Gasteiger partial charge in [-0.2, -0.15) is 10.3 Å². The van der Waals surface area contributed by atoms with Crippen molar-refractivity contribution in [1.29, 1.82) is 5.26 Å². The van der Waals surface area contributed by atoms with Crippen LogP contribution in [-0.2, 0) is 14.4 Å². The van der Waals surface area contributed by atoms with Gasteiger partial charge in [0, 0.05) is 12.0 Å². The van der Waals surface area contributed by atoms with E-state index in [4.69, 9.17) is 5.26 Å². The van der Waals surface area contributed by atoms with Crippen LogP contribution >= 0.6 is 0 Å². The summed E-state index contributed by atoms with van der Waals surface area (Å²) in [5.74, 6) is -1.54. The van der Waals surface area contributed by atoms with Gasteiger partial charge in [-0.3, -0.25) is 14.4 Å². The van der Waals surface area contributed by atoms with Crippen LogP contribution in [0.25, 0.3) is 0 Å². The van der Waals surface area contributed by atoms with E-state index in [0.29, 0.717) is 5.57 Å². The molecule has 6 heteroatoms. The largest absolute Gasteiger partial charge is 0.290 e. The molecule has 1 rings (SSSR count). The van der Waals surface area contributed by atoms with Crippen LogP contribution in [-0.4, -0.2) is 34.3 Å². The lowest BCUT2D eigenvalue weighted by Crippen LogP contribution is -2.57. The van der Waals surface area contributed by atoms with Crippen molar-refractivity contribution in [1.82, 2.24) is 10.0 Å². The molecule has 0 aromatic rings. The van der Waals surface area contributed by atoms with Gasteiger partial charge in [-0.15, -0.1) is 0 Å². The number of amides is 3. The van der Waals surface area contributed by atoms with Gasteiger partial charge >= 0.3 is 0 Å². The zero-order chi connectivity index (χ0) is 15.7. The first kappa shape index (κ1) is 15.9. The minimum absolute atomic E-state index is 0.0252. The average molecular weight is 277 g/mol. The molecule has 0 aromatic carbocycles. The predicted octanol–water partition coefficient (Wildman–Crippen LogP) is 1.39. The number of hydrazine groups is 1. The summed E-state index contributed by atoms with van der Waals surface area (Å²) in [6.45, 7) is 8.58. The van der Waals surface area contributed by atoms with Gasteiger partial charge in [0.2, 0.25) is 5.91 Å². The molecule has 0 atom stereocenters. The van der Waals surface area contributed by atoms with Crippen molar-refractivity contribution in [3.05, 3.63) is 11.1 Å². The SMILES string of the molecule is CCN(C(=O)C(C)(C)C)N1C(=O)CC(C)=C(C#N)C1=O. The van der Waals surface area contributed by atoms with Crippen LogP contribution < -0.4 is 0 Å². The summed E-state index contributed by atoms with van der Waals surface area (Å²) in [5.41, 5.74) is -0.345. The minimum atomic E-state index is -0.723. The molecule has 0 fully saturated rings. The van der Waals surface area contributed by atoms with Crippen molar-refractivity contribution in [2.24, 2.45) is 5.41 Å². The van der Waals surface area contributed by atoms with Gasteiger partial charge in [-0.1, -0.05) is 20.8 Å². The van der Waals surface area contributed by atoms with E-state index in [0.717, 1.165) is 10.0 Å². The molecular formula is C14H19N3O3. The number of nitrogens with zero attached hydrogens (tertiary/aromatic N) is 3. The number of carbonyl (C=O) groups is 3. The summed E-state index contributed by atoms with van der Waals surface area (Å²) in [5, 5.41) is 10.9. The Bertz CT molecular complexity index is 535. The molecule has 0 unspecified atom stereocenters. The first-order chi connectivity index (χ1) is 9.15. The van der Waals surface area contributed by atoms with E-state index in [1.54, 1.807) is 34.6 Å². The van der Waals surface area contributed by atoms with E-state index in [9.17, 15) is 14.4 Å². The normalized spacial score (nSPS) is 16.3. The van der Waals surface area contributed by atoms with Gasteiger partial charge in [0.1, 0.15) is 11.6 Å². The fourth-order valence-electron chi connectivity index (χ4n) is 1.94. The third kappa shape index (κ3) is 2.72. The molecule has 20 heavy (non-hydrogen) atoms. The van der Waals surface area contributed by atoms with Crippen molar-refractivity contribution >= 4 is 17.7 Å². The van der Waals surface area contributed by atoms with Crippen LogP contribution in [0.5, 0.6) is 0 Å². The van der Waals surface area contributed by atoms with Crippen LogP contribution in [0.15, 0.2) is 11.1 Å². The molecule has 0 aliphatic carbocycles. The minimum Gasteiger partial charge on any atom is -0.272 e. The number of carbonyl (C=O) groups excluding carboxylic acids is 3. The number of nitriles is 1. The number of hydrogen-bond donors (Lipinski definition) is 0. The van der Waals surface area contributed by atoms with E-state index >= 15 is 0 Å². The second kappa shape index (κ2) is 5.45. The van der Waals surface area contributed by atoms with Crippen LogP contribution in [0.1, 0.15) is 41.0 Å². The molecule has 108 valence electrons. The van der Waals surface area contributed by atoms with Crippen molar-refractivity contribution in [2.75, 3.05) is 6.54 Å². The lowest BCUT2D eigenvalue weighted by molar-refractivity contribution is -0.175. The molecule has 0 bridgehead atoms. The van der Waals surface area contributed by atoms with E-state index in [1.807, 2.05) is 6.07 Å². The van der Waals surface area contributed by atoms with Crippen LogP contribution in [0.3, 0.4) is 0 Å². The first-order valence-corrected chi connectivity index (χ1v) is 6.44. The number of imide groups is 1. The zero-order valence-electron chi connectivity index (χ0n) is 12.5. The van der Waals surface area contributed by atoms with E-state index in [-0.39, 0.29) is 24.4 Å². The van der Waals surface area contributed by atoms with Crippen molar-refractivity contribution < 1.29 is 14.4 Å². The fourth-order valence-corrected chi connectivity index (χ4v) is 1.94. The van der Waals surface area contributed by atoms with E-state index in [1.165, 1.54) is 0 Å². The summed E-state index contributed by atoms with van der Waals surface area (Å²) in [6, 6.07) is 1.81. The smallest absolute Gasteiger partial charge is 0.272 e. The summed E-state index contributed by atoms with van der Waals surface area (Å²) >= 11 is 0. The second-order valence-electron chi connectivity index (χ2n) is 5.73. The van der Waals surface area contributed by atoms with Gasteiger partial charge in [-0.05, 0) is 19.4 Å². The lowest BCUT2D eigenvalue weighted by Gasteiger charge is -2.37. The molecule has 1 aliphatic rings. The van der Waals surface area contributed by atoms with Crippen LogP contribution in [0.4, 0.5) is 0 Å². The Labute approximate surface area is 118 Å². The molecule has 0 saturated heterocycles. The predicted molar refractivity (Wildman–Crippen MR) is 71.6 cm³/mol. The lowest BCUT2D eigenvalue weighted by atomic mass is 9.95. The van der Waals surface area contributed by atoms with Crippen molar-refractivity contribution in [3.8, 4) is 6.07 Å². The Hall–Kier alpha value is -2.16. The Balaban J connectivity index is 3.24. The Kier molecular flexibility index (Phi) is 4.33. The highest BCUT2D eigenvalue weighted by Crippen LogP contribution is 2.25. The third-order valence-electron chi connectivity index (χ3n) is 3.01. The van der Waals surface area contributed by atoms with Gasteiger partial charge in [0.25, 0.3) is 11.8 Å². The van der Waals surface area contributed by atoms with Crippen molar-refractivity contribution in [3.63, 3.8) is 0 Å². The first-order valence-electron chi connectivity index (χ1n) is 6.44. The summed E-state index contributed by atoms with van der Waals surface area (Å²) in [7, 11) is 0. The average Bonchev–Trinajstić information content (AvgIpc) is 2.32. The van der Waals surface area contributed by atoms with Crippen LogP contribution in [0, 0.1) is 16.7 Å². The molecule has 0 radical (unpaired) electrons.